The lowest BCUT2D eigenvalue weighted by Crippen LogP contribution is -2.29. The number of ether oxygens (including phenoxy) is 1. The van der Waals surface area contributed by atoms with Gasteiger partial charge in [-0.2, -0.15) is 0 Å². The lowest BCUT2D eigenvalue weighted by molar-refractivity contribution is 0.199. The van der Waals surface area contributed by atoms with Crippen molar-refractivity contribution in [3.8, 4) is 0 Å². The quantitative estimate of drug-likeness (QED) is 0.720. The summed E-state index contributed by atoms with van der Waals surface area (Å²) in [6.45, 7) is 3.73. The molecule has 0 heterocycles. The summed E-state index contributed by atoms with van der Waals surface area (Å²) in [5.74, 6) is -0.188. The van der Waals surface area contributed by atoms with Crippen LogP contribution in [-0.4, -0.2) is 33.4 Å². The number of rotatable bonds is 8. The number of hydrogen-bond donors (Lipinski definition) is 2. The predicted molar refractivity (Wildman–Crippen MR) is 70.6 cm³/mol. The normalized spacial score (nSPS) is 10.8. The van der Waals surface area contributed by atoms with Crippen molar-refractivity contribution in [2.45, 2.75) is 6.54 Å². The molecule has 0 aliphatic carbocycles. The number of hydrogen-bond acceptors (Lipinski definition) is 3. The van der Waals surface area contributed by atoms with Crippen molar-refractivity contribution in [2.75, 3.05) is 33.4 Å². The van der Waals surface area contributed by atoms with Crippen LogP contribution in [0.4, 0.5) is 4.39 Å². The van der Waals surface area contributed by atoms with E-state index < -0.39 is 0 Å². The average molecular weight is 305 g/mol. The van der Waals surface area contributed by atoms with Gasteiger partial charge in [-0.05, 0) is 22.0 Å². The van der Waals surface area contributed by atoms with Gasteiger partial charge in [0.1, 0.15) is 5.82 Å². The van der Waals surface area contributed by atoms with Crippen LogP contribution in [0.5, 0.6) is 0 Å². The second kappa shape index (κ2) is 8.58. The smallest absolute Gasteiger partial charge is 0.141 e. The Morgan fingerprint density at radius 2 is 2.00 bits per heavy atom. The zero-order chi connectivity index (χ0) is 12.5. The van der Waals surface area contributed by atoms with Gasteiger partial charge in [-0.25, -0.2) is 4.39 Å². The first-order chi connectivity index (χ1) is 8.25. The van der Waals surface area contributed by atoms with Gasteiger partial charge in [-0.1, -0.05) is 12.1 Å². The van der Waals surface area contributed by atoms with Crippen molar-refractivity contribution in [2.24, 2.45) is 0 Å². The van der Waals surface area contributed by atoms with Crippen LogP contribution >= 0.6 is 15.9 Å². The molecule has 96 valence electrons. The molecule has 5 heteroatoms. The Bertz CT molecular complexity index is 336. The van der Waals surface area contributed by atoms with E-state index in [1.54, 1.807) is 19.2 Å². The molecule has 0 saturated heterocycles. The molecule has 0 aliphatic heterocycles. The minimum absolute atomic E-state index is 0.188. The van der Waals surface area contributed by atoms with Crippen molar-refractivity contribution in [3.63, 3.8) is 0 Å². The standard InChI is InChI=1S/C12H18BrFN2O/c1-17-8-7-15-5-6-16-9-10-3-2-4-11(13)12(10)14/h2-4,15-16H,5-9H2,1H3. The van der Waals surface area contributed by atoms with Crippen molar-refractivity contribution in [1.82, 2.24) is 10.6 Å². The molecule has 0 amide bonds. The molecular weight excluding hydrogens is 287 g/mol. The minimum Gasteiger partial charge on any atom is -0.383 e. The van der Waals surface area contributed by atoms with Crippen LogP contribution in [0.2, 0.25) is 0 Å². The van der Waals surface area contributed by atoms with E-state index in [1.165, 1.54) is 0 Å². The van der Waals surface area contributed by atoms with Crippen LogP contribution in [0.15, 0.2) is 22.7 Å². The summed E-state index contributed by atoms with van der Waals surface area (Å²) in [5.41, 5.74) is 0.677. The Morgan fingerprint density at radius 3 is 2.76 bits per heavy atom. The van der Waals surface area contributed by atoms with Gasteiger partial charge in [-0.15, -0.1) is 0 Å². The number of nitrogens with one attached hydrogen (secondary N) is 2. The van der Waals surface area contributed by atoms with Gasteiger partial charge in [0, 0.05) is 38.9 Å². The van der Waals surface area contributed by atoms with Gasteiger partial charge in [0.2, 0.25) is 0 Å². The van der Waals surface area contributed by atoms with E-state index in [4.69, 9.17) is 4.74 Å². The SMILES string of the molecule is COCCNCCNCc1cccc(Br)c1F. The topological polar surface area (TPSA) is 33.3 Å². The zero-order valence-electron chi connectivity index (χ0n) is 9.93. The van der Waals surface area contributed by atoms with Crippen LogP contribution in [0.25, 0.3) is 0 Å². The lowest BCUT2D eigenvalue weighted by atomic mass is 10.2. The minimum atomic E-state index is -0.188. The fraction of sp³-hybridized carbons (Fsp3) is 0.500. The van der Waals surface area contributed by atoms with E-state index in [-0.39, 0.29) is 5.82 Å². The number of methoxy groups -OCH3 is 1. The molecule has 0 bridgehead atoms. The molecule has 0 saturated carbocycles. The maximum absolute atomic E-state index is 13.6. The third-order valence-electron chi connectivity index (χ3n) is 2.31. The number of halogens is 2. The van der Waals surface area contributed by atoms with Crippen LogP contribution in [0, 0.1) is 5.82 Å². The first kappa shape index (κ1) is 14.6. The van der Waals surface area contributed by atoms with Crippen molar-refractivity contribution >= 4 is 15.9 Å². The first-order valence-electron chi connectivity index (χ1n) is 5.59. The van der Waals surface area contributed by atoms with E-state index in [0.29, 0.717) is 23.2 Å². The van der Waals surface area contributed by atoms with Gasteiger partial charge < -0.3 is 15.4 Å². The van der Waals surface area contributed by atoms with Crippen LogP contribution in [0.3, 0.4) is 0 Å². The Labute approximate surface area is 110 Å². The largest absolute Gasteiger partial charge is 0.383 e. The highest BCUT2D eigenvalue weighted by atomic mass is 79.9. The molecule has 1 rings (SSSR count). The molecule has 0 atom stereocenters. The van der Waals surface area contributed by atoms with Gasteiger partial charge in [0.05, 0.1) is 11.1 Å². The fourth-order valence-corrected chi connectivity index (χ4v) is 1.79. The Balaban J connectivity index is 2.16. The summed E-state index contributed by atoms with van der Waals surface area (Å²) in [6, 6.07) is 5.32. The van der Waals surface area contributed by atoms with Crippen molar-refractivity contribution in [3.05, 3.63) is 34.1 Å². The fourth-order valence-electron chi connectivity index (χ4n) is 1.38. The van der Waals surface area contributed by atoms with E-state index in [2.05, 4.69) is 26.6 Å². The summed E-state index contributed by atoms with van der Waals surface area (Å²) in [4.78, 5) is 0. The third-order valence-corrected chi connectivity index (χ3v) is 2.92. The predicted octanol–water partition coefficient (Wildman–Crippen LogP) is 1.91. The van der Waals surface area contributed by atoms with Crippen molar-refractivity contribution in [1.29, 1.82) is 0 Å². The molecule has 17 heavy (non-hydrogen) atoms. The summed E-state index contributed by atoms with van der Waals surface area (Å²) < 4.78 is 19.0. The molecule has 0 aromatic heterocycles. The second-order valence-electron chi connectivity index (χ2n) is 3.63. The van der Waals surface area contributed by atoms with Crippen LogP contribution in [0.1, 0.15) is 5.56 Å². The van der Waals surface area contributed by atoms with Crippen molar-refractivity contribution < 1.29 is 9.13 Å². The summed E-state index contributed by atoms with van der Waals surface area (Å²) in [5, 5.41) is 6.39. The molecular formula is C12H18BrFN2O. The maximum atomic E-state index is 13.6. The molecule has 0 aliphatic rings. The van der Waals surface area contributed by atoms with Crippen LogP contribution < -0.4 is 10.6 Å². The summed E-state index contributed by atoms with van der Waals surface area (Å²) >= 11 is 3.17. The highest BCUT2D eigenvalue weighted by Crippen LogP contribution is 2.18. The van der Waals surface area contributed by atoms with E-state index in [9.17, 15) is 4.39 Å². The second-order valence-corrected chi connectivity index (χ2v) is 4.49. The summed E-state index contributed by atoms with van der Waals surface area (Å²) in [7, 11) is 1.68. The molecule has 0 spiro atoms. The van der Waals surface area contributed by atoms with Gasteiger partial charge in [0.15, 0.2) is 0 Å². The summed E-state index contributed by atoms with van der Waals surface area (Å²) in [6.07, 6.45) is 0. The molecule has 1 aromatic carbocycles. The molecule has 2 N–H and O–H groups in total. The van der Waals surface area contributed by atoms with Crippen LogP contribution in [-0.2, 0) is 11.3 Å². The van der Waals surface area contributed by atoms with Gasteiger partial charge >= 0.3 is 0 Å². The zero-order valence-corrected chi connectivity index (χ0v) is 11.5. The highest BCUT2D eigenvalue weighted by molar-refractivity contribution is 9.10. The first-order valence-corrected chi connectivity index (χ1v) is 6.38. The Kier molecular flexibility index (Phi) is 7.35. The lowest BCUT2D eigenvalue weighted by Gasteiger charge is -2.07. The van der Waals surface area contributed by atoms with Gasteiger partial charge in [0.25, 0.3) is 0 Å². The number of benzene rings is 1. The molecule has 0 unspecified atom stereocenters. The maximum Gasteiger partial charge on any atom is 0.141 e. The average Bonchev–Trinajstić information content (AvgIpc) is 2.33. The molecule has 0 fully saturated rings. The van der Waals surface area contributed by atoms with E-state index in [0.717, 1.165) is 19.6 Å². The molecule has 3 nitrogen and oxygen atoms in total. The Morgan fingerprint density at radius 1 is 1.24 bits per heavy atom. The monoisotopic (exact) mass is 304 g/mol. The molecule has 1 aromatic rings. The molecule has 0 radical (unpaired) electrons. The van der Waals surface area contributed by atoms with E-state index in [1.807, 2.05) is 6.07 Å². The van der Waals surface area contributed by atoms with E-state index >= 15 is 0 Å². The third kappa shape index (κ3) is 5.59. The highest BCUT2D eigenvalue weighted by Gasteiger charge is 2.04. The Hall–Kier alpha value is -0.490. The van der Waals surface area contributed by atoms with Gasteiger partial charge in [-0.3, -0.25) is 0 Å².